The van der Waals surface area contributed by atoms with Crippen LogP contribution in [0.1, 0.15) is 54.9 Å². The van der Waals surface area contributed by atoms with Crippen molar-refractivity contribution in [2.75, 3.05) is 11.3 Å². The van der Waals surface area contributed by atoms with E-state index in [9.17, 15) is 22.4 Å². The van der Waals surface area contributed by atoms with E-state index in [1.165, 1.54) is 30.3 Å². The molecule has 7 nitrogen and oxygen atoms in total. The van der Waals surface area contributed by atoms with Gasteiger partial charge in [0.05, 0.1) is 11.5 Å². The van der Waals surface area contributed by atoms with E-state index in [0.29, 0.717) is 18.4 Å². The first-order valence-electron chi connectivity index (χ1n) is 10.6. The molecular weight excluding hydrogens is 435 g/mol. The Morgan fingerprint density at radius 2 is 1.72 bits per heavy atom. The summed E-state index contributed by atoms with van der Waals surface area (Å²) in [5.74, 6) is -1.48. The molecule has 2 aromatic rings. The molecule has 0 spiro atoms. The first kappa shape index (κ1) is 23.7. The van der Waals surface area contributed by atoms with Crippen molar-refractivity contribution in [3.8, 4) is 0 Å². The Morgan fingerprint density at radius 3 is 2.34 bits per heavy atom. The summed E-state index contributed by atoms with van der Waals surface area (Å²) < 4.78 is 46.3. The predicted octanol–water partition coefficient (Wildman–Crippen LogP) is 3.93. The quantitative estimate of drug-likeness (QED) is 0.607. The zero-order chi connectivity index (χ0) is 23.4. The van der Waals surface area contributed by atoms with Gasteiger partial charge in [0.2, 0.25) is 0 Å². The maximum Gasteiger partial charge on any atom is 0.331 e. The minimum absolute atomic E-state index is 0.119. The van der Waals surface area contributed by atoms with Gasteiger partial charge in [-0.05, 0) is 68.7 Å². The van der Waals surface area contributed by atoms with Crippen molar-refractivity contribution in [1.29, 1.82) is 0 Å². The second kappa shape index (κ2) is 9.68. The van der Waals surface area contributed by atoms with Crippen LogP contribution in [0.3, 0.4) is 0 Å². The lowest BCUT2D eigenvalue weighted by molar-refractivity contribution is -0.152. The van der Waals surface area contributed by atoms with Gasteiger partial charge < -0.3 is 10.1 Å². The Hall–Kier alpha value is -2.94. The van der Waals surface area contributed by atoms with Crippen molar-refractivity contribution in [3.63, 3.8) is 0 Å². The average Bonchev–Trinajstić information content (AvgIpc) is 2.76. The van der Waals surface area contributed by atoms with Crippen molar-refractivity contribution in [1.82, 2.24) is 5.32 Å². The molecule has 1 fully saturated rings. The number of hydrogen-bond acceptors (Lipinski definition) is 5. The van der Waals surface area contributed by atoms with Crippen molar-refractivity contribution in [2.24, 2.45) is 0 Å². The van der Waals surface area contributed by atoms with Crippen molar-refractivity contribution in [2.45, 2.75) is 56.4 Å². The van der Waals surface area contributed by atoms with Gasteiger partial charge in [-0.1, -0.05) is 25.3 Å². The predicted molar refractivity (Wildman–Crippen MR) is 118 cm³/mol. The summed E-state index contributed by atoms with van der Waals surface area (Å²) in [6.07, 6.45) is 3.49. The van der Waals surface area contributed by atoms with Gasteiger partial charge in [-0.25, -0.2) is 17.6 Å². The Bertz CT molecular complexity index is 1090. The minimum atomic E-state index is -4.02. The molecule has 0 aromatic heterocycles. The van der Waals surface area contributed by atoms with Crippen LogP contribution in [0.2, 0.25) is 0 Å². The largest absolute Gasteiger partial charge is 0.464 e. The van der Waals surface area contributed by atoms with Gasteiger partial charge >= 0.3 is 5.97 Å². The molecular formula is C23H27FN2O5S. The van der Waals surface area contributed by atoms with Crippen molar-refractivity contribution < 1.29 is 27.1 Å². The summed E-state index contributed by atoms with van der Waals surface area (Å²) in [6.45, 7) is 3.61. The van der Waals surface area contributed by atoms with Crippen LogP contribution in [0.5, 0.6) is 0 Å². The Labute approximate surface area is 187 Å². The molecule has 172 valence electrons. The lowest BCUT2D eigenvalue weighted by Crippen LogP contribution is -2.56. The normalized spacial score (nSPS) is 15.6. The fraction of sp³-hybridized carbons (Fsp3) is 0.391. The number of carbonyl (C=O) groups excluding carboxylic acids is 2. The number of hydrogen-bond donors (Lipinski definition) is 2. The van der Waals surface area contributed by atoms with E-state index >= 15 is 0 Å². The van der Waals surface area contributed by atoms with Crippen molar-refractivity contribution >= 4 is 27.6 Å². The Morgan fingerprint density at radius 1 is 1.06 bits per heavy atom. The van der Waals surface area contributed by atoms with Gasteiger partial charge in [0.15, 0.2) is 0 Å². The molecule has 0 radical (unpaired) electrons. The molecule has 3 rings (SSSR count). The SMILES string of the molecule is CCOC(=O)C1(NC(=O)c2cc(S(=O)(=O)Nc3ccc(F)cc3)ccc2C)CCCCC1. The highest BCUT2D eigenvalue weighted by atomic mass is 32.2. The average molecular weight is 463 g/mol. The number of amides is 1. The molecule has 2 aromatic carbocycles. The number of rotatable bonds is 7. The molecule has 9 heteroatoms. The van der Waals surface area contributed by atoms with Crippen LogP contribution >= 0.6 is 0 Å². The summed E-state index contributed by atoms with van der Waals surface area (Å²) in [6, 6.07) is 9.10. The van der Waals surface area contributed by atoms with Crippen LogP contribution < -0.4 is 10.0 Å². The minimum Gasteiger partial charge on any atom is -0.464 e. The van der Waals surface area contributed by atoms with Crippen molar-refractivity contribution in [3.05, 3.63) is 59.4 Å². The molecule has 1 aliphatic carbocycles. The van der Waals surface area contributed by atoms with Crippen LogP contribution in [0.25, 0.3) is 0 Å². The highest BCUT2D eigenvalue weighted by molar-refractivity contribution is 7.92. The van der Waals surface area contributed by atoms with Crippen LogP contribution in [0.15, 0.2) is 47.4 Å². The van der Waals surface area contributed by atoms with E-state index in [-0.39, 0.29) is 22.8 Å². The molecule has 1 aliphatic rings. The second-order valence-corrected chi connectivity index (χ2v) is 9.59. The van der Waals surface area contributed by atoms with Gasteiger partial charge in [0.1, 0.15) is 11.4 Å². The molecule has 1 amide bonds. The van der Waals surface area contributed by atoms with Crippen LogP contribution in [-0.2, 0) is 19.6 Å². The van der Waals surface area contributed by atoms with Gasteiger partial charge in [-0.2, -0.15) is 0 Å². The third kappa shape index (κ3) is 5.27. The van der Waals surface area contributed by atoms with E-state index in [0.717, 1.165) is 31.4 Å². The number of nitrogens with one attached hydrogen (secondary N) is 2. The molecule has 0 aliphatic heterocycles. The number of anilines is 1. The second-order valence-electron chi connectivity index (χ2n) is 7.91. The topological polar surface area (TPSA) is 102 Å². The number of halogens is 1. The first-order valence-corrected chi connectivity index (χ1v) is 12.0. The summed E-state index contributed by atoms with van der Waals surface area (Å²) >= 11 is 0. The monoisotopic (exact) mass is 462 g/mol. The Balaban J connectivity index is 1.87. The smallest absolute Gasteiger partial charge is 0.331 e. The van der Waals surface area contributed by atoms with Crippen LogP contribution in [-0.4, -0.2) is 32.4 Å². The van der Waals surface area contributed by atoms with Gasteiger partial charge in [-0.3, -0.25) is 9.52 Å². The number of benzene rings is 2. The molecule has 32 heavy (non-hydrogen) atoms. The molecule has 1 saturated carbocycles. The highest BCUT2D eigenvalue weighted by Gasteiger charge is 2.42. The van der Waals surface area contributed by atoms with E-state index < -0.39 is 33.3 Å². The summed E-state index contributed by atoms with van der Waals surface area (Å²) in [4.78, 5) is 25.7. The summed E-state index contributed by atoms with van der Waals surface area (Å²) in [5, 5.41) is 2.84. The zero-order valence-electron chi connectivity index (χ0n) is 18.1. The molecule has 0 heterocycles. The number of carbonyl (C=O) groups is 2. The molecule has 0 atom stereocenters. The standard InChI is InChI=1S/C23H27FN2O5S/c1-3-31-22(28)23(13-5-4-6-14-23)25-21(27)20-15-19(12-7-16(20)2)32(29,30)26-18-10-8-17(24)9-11-18/h7-12,15,26H,3-6,13-14H2,1-2H3,(H,25,27). The van der Waals surface area contributed by atoms with E-state index in [2.05, 4.69) is 10.0 Å². The molecule has 0 saturated heterocycles. The molecule has 0 unspecified atom stereocenters. The molecule has 0 bridgehead atoms. The Kier molecular flexibility index (Phi) is 7.18. The third-order valence-electron chi connectivity index (χ3n) is 5.59. The third-order valence-corrected chi connectivity index (χ3v) is 6.97. The highest BCUT2D eigenvalue weighted by Crippen LogP contribution is 2.30. The lowest BCUT2D eigenvalue weighted by atomic mass is 9.81. The van der Waals surface area contributed by atoms with E-state index in [4.69, 9.17) is 4.74 Å². The maximum absolute atomic E-state index is 13.1. The number of sulfonamides is 1. The maximum atomic E-state index is 13.1. The zero-order valence-corrected chi connectivity index (χ0v) is 18.9. The van der Waals surface area contributed by atoms with Gasteiger partial charge in [0, 0.05) is 11.3 Å². The fourth-order valence-electron chi connectivity index (χ4n) is 3.83. The lowest BCUT2D eigenvalue weighted by Gasteiger charge is -2.35. The number of ether oxygens (including phenoxy) is 1. The van der Waals surface area contributed by atoms with Gasteiger partial charge in [-0.15, -0.1) is 0 Å². The molecule has 2 N–H and O–H groups in total. The van der Waals surface area contributed by atoms with E-state index in [1.807, 2.05) is 0 Å². The number of esters is 1. The van der Waals surface area contributed by atoms with Crippen LogP contribution in [0, 0.1) is 12.7 Å². The number of aryl methyl sites for hydroxylation is 1. The summed E-state index contributed by atoms with van der Waals surface area (Å²) in [7, 11) is -4.02. The van der Waals surface area contributed by atoms with Gasteiger partial charge in [0.25, 0.3) is 15.9 Å². The first-order chi connectivity index (χ1) is 15.2. The summed E-state index contributed by atoms with van der Waals surface area (Å²) in [5.41, 5.74) is -0.195. The van der Waals surface area contributed by atoms with Crippen LogP contribution in [0.4, 0.5) is 10.1 Å². The fourth-order valence-corrected chi connectivity index (χ4v) is 4.92. The van der Waals surface area contributed by atoms with E-state index in [1.54, 1.807) is 13.8 Å².